The third-order valence-corrected chi connectivity index (χ3v) is 8.01. The summed E-state index contributed by atoms with van der Waals surface area (Å²) in [6, 6.07) is 0. The standard InChI is InChI=1S/C15H16N4O2S4/c1-4-5-22-14-18-19-15(25-14)23-6-9-16-12(21)10-7(2)11(8(3)20)24-13(10)17-9/h4-6H2,1-3H3,(H,16,17,21). The number of H-pyrrole nitrogens is 1. The molecule has 0 fully saturated rings. The van der Waals surface area contributed by atoms with Crippen LogP contribution in [0.15, 0.2) is 13.5 Å². The molecule has 0 spiro atoms. The van der Waals surface area contributed by atoms with Crippen molar-refractivity contribution in [2.24, 2.45) is 0 Å². The molecule has 0 saturated heterocycles. The smallest absolute Gasteiger partial charge is 0.259 e. The van der Waals surface area contributed by atoms with Crippen molar-refractivity contribution in [2.75, 3.05) is 5.75 Å². The van der Waals surface area contributed by atoms with Crippen molar-refractivity contribution < 1.29 is 4.79 Å². The molecule has 0 aliphatic rings. The molecule has 10 heteroatoms. The first-order valence-corrected chi connectivity index (χ1v) is 11.2. The molecule has 0 saturated carbocycles. The van der Waals surface area contributed by atoms with E-state index in [1.54, 1.807) is 30.0 Å². The van der Waals surface area contributed by atoms with Gasteiger partial charge in [-0.25, -0.2) is 4.98 Å². The summed E-state index contributed by atoms with van der Waals surface area (Å²) >= 11 is 6.03. The van der Waals surface area contributed by atoms with Gasteiger partial charge in [0.1, 0.15) is 10.7 Å². The number of thiophene rings is 1. The highest BCUT2D eigenvalue weighted by Gasteiger charge is 2.17. The highest BCUT2D eigenvalue weighted by Crippen LogP contribution is 2.31. The van der Waals surface area contributed by atoms with Gasteiger partial charge in [-0.3, -0.25) is 9.59 Å². The summed E-state index contributed by atoms with van der Waals surface area (Å²) in [5.74, 6) is 2.07. The van der Waals surface area contributed by atoms with Gasteiger partial charge in [0.25, 0.3) is 5.56 Å². The maximum atomic E-state index is 12.4. The monoisotopic (exact) mass is 412 g/mol. The van der Waals surface area contributed by atoms with Gasteiger partial charge in [-0.2, -0.15) is 0 Å². The van der Waals surface area contributed by atoms with Gasteiger partial charge in [0.2, 0.25) is 0 Å². The fraction of sp³-hybridized carbons (Fsp3) is 0.400. The molecule has 0 amide bonds. The molecule has 6 nitrogen and oxygen atoms in total. The Balaban J connectivity index is 1.79. The topological polar surface area (TPSA) is 88.6 Å². The largest absolute Gasteiger partial charge is 0.309 e. The lowest BCUT2D eigenvalue weighted by Gasteiger charge is -1.99. The first-order chi connectivity index (χ1) is 12.0. The van der Waals surface area contributed by atoms with E-state index in [0.29, 0.717) is 32.2 Å². The summed E-state index contributed by atoms with van der Waals surface area (Å²) in [5, 5.41) is 8.82. The van der Waals surface area contributed by atoms with Crippen molar-refractivity contribution in [1.29, 1.82) is 0 Å². The van der Waals surface area contributed by atoms with Crippen LogP contribution in [0.5, 0.6) is 0 Å². The molecular formula is C15H16N4O2S4. The van der Waals surface area contributed by atoms with Gasteiger partial charge in [0.15, 0.2) is 14.5 Å². The molecule has 0 bridgehead atoms. The summed E-state index contributed by atoms with van der Waals surface area (Å²) in [7, 11) is 0. The Morgan fingerprint density at radius 3 is 2.60 bits per heavy atom. The van der Waals surface area contributed by atoms with Crippen LogP contribution in [0.4, 0.5) is 0 Å². The highest BCUT2D eigenvalue weighted by atomic mass is 32.2. The van der Waals surface area contributed by atoms with E-state index in [4.69, 9.17) is 0 Å². The number of thioether (sulfide) groups is 2. The quantitative estimate of drug-likeness (QED) is 0.461. The molecule has 0 aliphatic carbocycles. The number of Topliss-reactive ketones (excluding diaryl/α,β-unsaturated/α-hetero) is 1. The number of nitrogens with one attached hydrogen (secondary N) is 1. The molecule has 0 aliphatic heterocycles. The molecule has 1 N–H and O–H groups in total. The van der Waals surface area contributed by atoms with Crippen LogP contribution in [0.1, 0.15) is 41.3 Å². The molecule has 0 unspecified atom stereocenters. The van der Waals surface area contributed by atoms with E-state index in [9.17, 15) is 9.59 Å². The van der Waals surface area contributed by atoms with E-state index in [2.05, 4.69) is 27.1 Å². The van der Waals surface area contributed by atoms with E-state index in [1.807, 2.05) is 0 Å². The molecule has 0 aromatic carbocycles. The number of fused-ring (bicyclic) bond motifs is 1. The van der Waals surface area contributed by atoms with Crippen LogP contribution in [-0.4, -0.2) is 31.7 Å². The highest BCUT2D eigenvalue weighted by molar-refractivity contribution is 8.02. The molecular weight excluding hydrogens is 396 g/mol. The lowest BCUT2D eigenvalue weighted by Crippen LogP contribution is -2.11. The van der Waals surface area contributed by atoms with Gasteiger partial charge in [0.05, 0.1) is 16.0 Å². The van der Waals surface area contributed by atoms with Gasteiger partial charge in [-0.15, -0.1) is 21.5 Å². The number of carbonyl (C=O) groups is 1. The van der Waals surface area contributed by atoms with E-state index >= 15 is 0 Å². The number of aromatic amines is 1. The second-order valence-electron chi connectivity index (χ2n) is 5.28. The lowest BCUT2D eigenvalue weighted by atomic mass is 10.2. The number of carbonyl (C=O) groups excluding carboxylic acids is 1. The Morgan fingerprint density at radius 2 is 1.92 bits per heavy atom. The third-order valence-electron chi connectivity index (χ3n) is 3.32. The second kappa shape index (κ2) is 7.98. The van der Waals surface area contributed by atoms with Crippen LogP contribution in [0.2, 0.25) is 0 Å². The fourth-order valence-corrected chi connectivity index (χ4v) is 6.14. The number of ketones is 1. The van der Waals surface area contributed by atoms with E-state index < -0.39 is 0 Å². The van der Waals surface area contributed by atoms with Crippen LogP contribution in [0.3, 0.4) is 0 Å². The maximum absolute atomic E-state index is 12.4. The summed E-state index contributed by atoms with van der Waals surface area (Å²) in [4.78, 5) is 32.6. The first-order valence-electron chi connectivity index (χ1n) is 7.62. The zero-order valence-electron chi connectivity index (χ0n) is 13.9. The van der Waals surface area contributed by atoms with Crippen molar-refractivity contribution in [1.82, 2.24) is 20.2 Å². The molecule has 3 heterocycles. The van der Waals surface area contributed by atoms with Gasteiger partial charge < -0.3 is 4.98 Å². The van der Waals surface area contributed by atoms with Crippen molar-refractivity contribution in [3.63, 3.8) is 0 Å². The Hall–Kier alpha value is -1.23. The molecule has 3 rings (SSSR count). The molecule has 0 atom stereocenters. The third kappa shape index (κ3) is 4.13. The van der Waals surface area contributed by atoms with E-state index in [1.165, 1.54) is 30.0 Å². The zero-order valence-corrected chi connectivity index (χ0v) is 17.2. The van der Waals surface area contributed by atoms with Gasteiger partial charge in [-0.05, 0) is 25.8 Å². The van der Waals surface area contributed by atoms with Crippen LogP contribution in [0, 0.1) is 6.92 Å². The molecule has 3 aromatic heterocycles. The van der Waals surface area contributed by atoms with E-state index in [-0.39, 0.29) is 11.3 Å². The predicted octanol–water partition coefficient (Wildman–Crippen LogP) is 4.14. The van der Waals surface area contributed by atoms with Crippen molar-refractivity contribution in [2.45, 2.75) is 41.6 Å². The minimum Gasteiger partial charge on any atom is -0.309 e. The first kappa shape index (κ1) is 18.6. The Morgan fingerprint density at radius 1 is 1.20 bits per heavy atom. The molecule has 25 heavy (non-hydrogen) atoms. The number of hydrogen-bond donors (Lipinski definition) is 1. The van der Waals surface area contributed by atoms with Crippen molar-refractivity contribution in [3.05, 3.63) is 26.6 Å². The molecule has 132 valence electrons. The van der Waals surface area contributed by atoms with Crippen LogP contribution >= 0.6 is 46.2 Å². The average molecular weight is 413 g/mol. The second-order valence-corrected chi connectivity index (χ2v) is 9.82. The molecule has 3 aromatic rings. The zero-order chi connectivity index (χ0) is 18.0. The summed E-state index contributed by atoms with van der Waals surface area (Å²) in [5.41, 5.74) is 0.514. The van der Waals surface area contributed by atoms with Crippen LogP contribution in [-0.2, 0) is 5.75 Å². The number of hydrogen-bond acceptors (Lipinski definition) is 9. The molecule has 0 radical (unpaired) electrons. The Kier molecular flexibility index (Phi) is 5.92. The van der Waals surface area contributed by atoms with Crippen molar-refractivity contribution in [3.8, 4) is 0 Å². The Bertz CT molecular complexity index is 976. The minimum absolute atomic E-state index is 0.0400. The summed E-state index contributed by atoms with van der Waals surface area (Å²) in [6.45, 7) is 5.43. The average Bonchev–Trinajstić information content (AvgIpc) is 3.15. The Labute approximate surface area is 160 Å². The van der Waals surface area contributed by atoms with Gasteiger partial charge in [0, 0.05) is 5.75 Å². The lowest BCUT2D eigenvalue weighted by molar-refractivity contribution is 0.102. The van der Waals surface area contributed by atoms with E-state index in [0.717, 1.165) is 20.9 Å². The number of aromatic nitrogens is 4. The number of nitrogens with zero attached hydrogens (tertiary/aromatic N) is 3. The van der Waals surface area contributed by atoms with Gasteiger partial charge in [-0.1, -0.05) is 41.8 Å². The predicted molar refractivity (Wildman–Crippen MR) is 105 cm³/mol. The number of aryl methyl sites for hydroxylation is 1. The normalized spacial score (nSPS) is 11.3. The SMILES string of the molecule is CCCSc1nnc(SCc2nc3sc(C(C)=O)c(C)c3c(=O)[nH]2)s1. The van der Waals surface area contributed by atoms with Gasteiger partial charge >= 0.3 is 0 Å². The summed E-state index contributed by atoms with van der Waals surface area (Å²) in [6.07, 6.45) is 1.10. The maximum Gasteiger partial charge on any atom is 0.259 e. The fourth-order valence-electron chi connectivity index (χ4n) is 2.23. The minimum atomic E-state index is -0.196. The van der Waals surface area contributed by atoms with Crippen LogP contribution in [0.25, 0.3) is 10.2 Å². The number of rotatable bonds is 7. The van der Waals surface area contributed by atoms with Crippen molar-refractivity contribution >= 4 is 62.2 Å². The van der Waals surface area contributed by atoms with Crippen LogP contribution < -0.4 is 5.56 Å². The summed E-state index contributed by atoms with van der Waals surface area (Å²) < 4.78 is 1.81.